The zero-order valence-electron chi connectivity index (χ0n) is 11.0. The van der Waals surface area contributed by atoms with E-state index in [9.17, 15) is 13.2 Å². The Morgan fingerprint density at radius 1 is 1.44 bits per heavy atom. The predicted molar refractivity (Wildman–Crippen MR) is 65.4 cm³/mol. The van der Waals surface area contributed by atoms with Crippen molar-refractivity contribution in [2.24, 2.45) is 11.8 Å². The molecule has 106 valence electrons. The molecule has 0 saturated heterocycles. The Bertz CT molecular complexity index is 276. The third-order valence-corrected chi connectivity index (χ3v) is 3.01. The Labute approximate surface area is 107 Å². The molecule has 0 radical (unpaired) electrons. The molecule has 0 saturated carbocycles. The van der Waals surface area contributed by atoms with Crippen LogP contribution >= 0.6 is 0 Å². The summed E-state index contributed by atoms with van der Waals surface area (Å²) in [6, 6.07) is 0. The minimum absolute atomic E-state index is 0.108. The summed E-state index contributed by atoms with van der Waals surface area (Å²) in [5, 5.41) is 3.16. The predicted octanol–water partition coefficient (Wildman–Crippen LogP) is 3.15. The Balaban J connectivity index is 2.03. The fourth-order valence-electron chi connectivity index (χ4n) is 2.48. The normalized spacial score (nSPS) is 25.1. The van der Waals surface area contributed by atoms with Crippen LogP contribution in [0.1, 0.15) is 26.7 Å². The molecule has 0 heterocycles. The summed E-state index contributed by atoms with van der Waals surface area (Å²) in [6.45, 7) is 4.61. The maximum absolute atomic E-state index is 11.8. The third kappa shape index (κ3) is 7.01. The van der Waals surface area contributed by atoms with Crippen molar-refractivity contribution >= 4 is 0 Å². The Hall–Kier alpha value is -0.550. The van der Waals surface area contributed by atoms with Gasteiger partial charge in [-0.05, 0) is 38.1 Å². The molecule has 1 aliphatic carbocycles. The second-order valence-electron chi connectivity index (χ2n) is 5.17. The number of hydrogen-bond acceptors (Lipinski definition) is 2. The molecule has 0 fully saturated rings. The fourth-order valence-corrected chi connectivity index (χ4v) is 2.48. The lowest BCUT2D eigenvalue weighted by atomic mass is 9.84. The number of nitrogens with one attached hydrogen (secondary N) is 1. The fraction of sp³-hybridized carbons (Fsp3) is 0.846. The van der Waals surface area contributed by atoms with Gasteiger partial charge in [-0.15, -0.1) is 0 Å². The van der Waals surface area contributed by atoms with Gasteiger partial charge in [-0.3, -0.25) is 0 Å². The molecule has 2 nitrogen and oxygen atoms in total. The number of rotatable bonds is 6. The highest BCUT2D eigenvalue weighted by atomic mass is 19.4. The standard InChI is InChI=1S/C13H22F3NO/c1-10-5-11(2)7-12(6-10)8-17-3-4-18-9-13(14,15)16/h5,10,12,17H,3-4,6-9H2,1-2H3. The van der Waals surface area contributed by atoms with Crippen molar-refractivity contribution in [2.75, 3.05) is 26.3 Å². The van der Waals surface area contributed by atoms with Gasteiger partial charge in [0.1, 0.15) is 6.61 Å². The van der Waals surface area contributed by atoms with Crippen LogP contribution < -0.4 is 5.32 Å². The van der Waals surface area contributed by atoms with E-state index in [1.807, 2.05) is 0 Å². The van der Waals surface area contributed by atoms with E-state index in [4.69, 9.17) is 0 Å². The highest BCUT2D eigenvalue weighted by Gasteiger charge is 2.27. The second kappa shape index (κ2) is 7.14. The summed E-state index contributed by atoms with van der Waals surface area (Å²) in [5.74, 6) is 1.19. The molecule has 18 heavy (non-hydrogen) atoms. The molecular formula is C13H22F3NO. The first-order valence-electron chi connectivity index (χ1n) is 6.39. The van der Waals surface area contributed by atoms with E-state index in [1.165, 1.54) is 5.57 Å². The summed E-state index contributed by atoms with van der Waals surface area (Å²) in [6.07, 6.45) is 0.304. The number of ether oxygens (including phenoxy) is 1. The zero-order valence-corrected chi connectivity index (χ0v) is 11.0. The summed E-state index contributed by atoms with van der Waals surface area (Å²) >= 11 is 0. The van der Waals surface area contributed by atoms with E-state index in [0.717, 1.165) is 19.4 Å². The lowest BCUT2D eigenvalue weighted by molar-refractivity contribution is -0.173. The van der Waals surface area contributed by atoms with Crippen molar-refractivity contribution in [2.45, 2.75) is 32.9 Å². The third-order valence-electron chi connectivity index (χ3n) is 3.01. The van der Waals surface area contributed by atoms with Crippen LogP contribution in [0, 0.1) is 11.8 Å². The van der Waals surface area contributed by atoms with Crippen LogP contribution in [0.25, 0.3) is 0 Å². The van der Waals surface area contributed by atoms with Gasteiger partial charge in [-0.25, -0.2) is 0 Å². The largest absolute Gasteiger partial charge is 0.411 e. The molecule has 1 aliphatic rings. The van der Waals surface area contributed by atoms with E-state index >= 15 is 0 Å². The minimum atomic E-state index is -4.22. The molecular weight excluding hydrogens is 243 g/mol. The van der Waals surface area contributed by atoms with Gasteiger partial charge in [0.25, 0.3) is 0 Å². The van der Waals surface area contributed by atoms with E-state index in [-0.39, 0.29) is 6.61 Å². The zero-order chi connectivity index (χ0) is 13.6. The molecule has 0 aromatic carbocycles. The molecule has 5 heteroatoms. The molecule has 0 bridgehead atoms. The highest BCUT2D eigenvalue weighted by Crippen LogP contribution is 2.27. The maximum Gasteiger partial charge on any atom is 0.411 e. The molecule has 2 unspecified atom stereocenters. The number of hydrogen-bond donors (Lipinski definition) is 1. The van der Waals surface area contributed by atoms with Crippen molar-refractivity contribution in [3.05, 3.63) is 11.6 Å². The van der Waals surface area contributed by atoms with E-state index in [2.05, 4.69) is 30.0 Å². The Morgan fingerprint density at radius 3 is 2.78 bits per heavy atom. The van der Waals surface area contributed by atoms with Gasteiger partial charge in [-0.2, -0.15) is 13.2 Å². The van der Waals surface area contributed by atoms with Gasteiger partial charge in [-0.1, -0.05) is 18.6 Å². The lowest BCUT2D eigenvalue weighted by Crippen LogP contribution is -2.29. The van der Waals surface area contributed by atoms with Crippen LogP contribution in [0.2, 0.25) is 0 Å². The topological polar surface area (TPSA) is 21.3 Å². The van der Waals surface area contributed by atoms with Gasteiger partial charge in [0.15, 0.2) is 0 Å². The molecule has 1 N–H and O–H groups in total. The van der Waals surface area contributed by atoms with Crippen molar-refractivity contribution in [1.29, 1.82) is 0 Å². The summed E-state index contributed by atoms with van der Waals surface area (Å²) in [7, 11) is 0. The lowest BCUT2D eigenvalue weighted by Gasteiger charge is -2.25. The van der Waals surface area contributed by atoms with Gasteiger partial charge < -0.3 is 10.1 Å². The van der Waals surface area contributed by atoms with Gasteiger partial charge in [0, 0.05) is 6.54 Å². The Morgan fingerprint density at radius 2 is 2.17 bits per heavy atom. The van der Waals surface area contributed by atoms with Crippen molar-refractivity contribution in [1.82, 2.24) is 5.32 Å². The van der Waals surface area contributed by atoms with E-state index < -0.39 is 12.8 Å². The summed E-state index contributed by atoms with van der Waals surface area (Å²) in [4.78, 5) is 0. The minimum Gasteiger partial charge on any atom is -0.371 e. The van der Waals surface area contributed by atoms with E-state index in [1.54, 1.807) is 0 Å². The van der Waals surface area contributed by atoms with E-state index in [0.29, 0.717) is 18.4 Å². The quantitative estimate of drug-likeness (QED) is 0.588. The first-order chi connectivity index (χ1) is 8.37. The van der Waals surface area contributed by atoms with Crippen molar-refractivity contribution in [3.8, 4) is 0 Å². The summed E-state index contributed by atoms with van der Waals surface area (Å²) < 4.78 is 39.9. The average molecular weight is 265 g/mol. The summed E-state index contributed by atoms with van der Waals surface area (Å²) in [5.41, 5.74) is 1.41. The monoisotopic (exact) mass is 265 g/mol. The van der Waals surface area contributed by atoms with Crippen LogP contribution in [0.4, 0.5) is 13.2 Å². The van der Waals surface area contributed by atoms with Crippen LogP contribution in [0.3, 0.4) is 0 Å². The van der Waals surface area contributed by atoms with Crippen molar-refractivity contribution in [3.63, 3.8) is 0 Å². The molecule has 0 amide bonds. The first-order valence-corrected chi connectivity index (χ1v) is 6.39. The molecule has 0 aliphatic heterocycles. The van der Waals surface area contributed by atoms with Crippen LogP contribution in [0.15, 0.2) is 11.6 Å². The first kappa shape index (κ1) is 15.5. The maximum atomic E-state index is 11.8. The number of alkyl halides is 3. The smallest absolute Gasteiger partial charge is 0.371 e. The number of allylic oxidation sites excluding steroid dienone is 2. The highest BCUT2D eigenvalue weighted by molar-refractivity contribution is 5.06. The Kier molecular flexibility index (Phi) is 6.15. The average Bonchev–Trinajstić information content (AvgIpc) is 2.20. The molecule has 0 aromatic heterocycles. The van der Waals surface area contributed by atoms with Crippen LogP contribution in [-0.4, -0.2) is 32.5 Å². The number of halogens is 3. The van der Waals surface area contributed by atoms with Crippen LogP contribution in [-0.2, 0) is 4.74 Å². The van der Waals surface area contributed by atoms with Crippen molar-refractivity contribution < 1.29 is 17.9 Å². The molecule has 2 atom stereocenters. The molecule has 0 aromatic rings. The molecule has 0 spiro atoms. The molecule has 1 rings (SSSR count). The van der Waals surface area contributed by atoms with Gasteiger partial charge in [0.2, 0.25) is 0 Å². The van der Waals surface area contributed by atoms with Gasteiger partial charge in [0.05, 0.1) is 6.61 Å². The van der Waals surface area contributed by atoms with Crippen LogP contribution in [0.5, 0.6) is 0 Å². The van der Waals surface area contributed by atoms with Gasteiger partial charge >= 0.3 is 6.18 Å². The SMILES string of the molecule is CC1=CC(C)CC(CNCCOCC(F)(F)F)C1. The second-order valence-corrected chi connectivity index (χ2v) is 5.17.